The quantitative estimate of drug-likeness (QED) is 0.194. The highest BCUT2D eigenvalue weighted by Gasteiger charge is 2.46. The lowest BCUT2D eigenvalue weighted by atomic mass is 9.67. The molecule has 0 saturated heterocycles. The predicted molar refractivity (Wildman–Crippen MR) is 194 cm³/mol. The summed E-state index contributed by atoms with van der Waals surface area (Å²) in [6.45, 7) is 0. The minimum Gasteiger partial charge on any atom is -0.0888 e. The summed E-state index contributed by atoms with van der Waals surface area (Å²) in [5.41, 5.74) is 12.6. The second-order valence-corrected chi connectivity index (χ2v) is 13.5. The van der Waals surface area contributed by atoms with Crippen molar-refractivity contribution in [2.75, 3.05) is 0 Å². The number of hydrogen-bond donors (Lipinski definition) is 0. The molecule has 10 rings (SSSR count). The van der Waals surface area contributed by atoms with Gasteiger partial charge in [-0.05, 0) is 102 Å². The van der Waals surface area contributed by atoms with Crippen LogP contribution < -0.4 is 0 Å². The molecule has 0 nitrogen and oxygen atoms in total. The summed E-state index contributed by atoms with van der Waals surface area (Å²) < 4.78 is 0. The summed E-state index contributed by atoms with van der Waals surface area (Å²) in [6.07, 6.45) is 0. The van der Waals surface area contributed by atoms with Gasteiger partial charge in [-0.15, -0.1) is 0 Å². The lowest BCUT2D eigenvalue weighted by Crippen LogP contribution is -2.28. The summed E-state index contributed by atoms with van der Waals surface area (Å²) in [5, 5.41) is 5.22. The Kier molecular flexibility index (Phi) is 5.53. The highest BCUT2D eigenvalue weighted by molar-refractivity contribution is 7.99. The maximum atomic E-state index is 2.48. The molecule has 214 valence electrons. The second-order valence-electron chi connectivity index (χ2n) is 12.5. The zero-order chi connectivity index (χ0) is 30.2. The van der Waals surface area contributed by atoms with E-state index < -0.39 is 5.41 Å². The fourth-order valence-electron chi connectivity index (χ4n) is 8.10. The van der Waals surface area contributed by atoms with Crippen molar-refractivity contribution in [1.29, 1.82) is 0 Å². The van der Waals surface area contributed by atoms with E-state index in [0.717, 1.165) is 0 Å². The molecule has 0 radical (unpaired) electrons. The maximum Gasteiger partial charge on any atom is 0.0714 e. The lowest BCUT2D eigenvalue weighted by Gasteiger charge is -2.34. The lowest BCUT2D eigenvalue weighted by molar-refractivity contribution is 0.770. The van der Waals surface area contributed by atoms with Gasteiger partial charge >= 0.3 is 0 Å². The summed E-state index contributed by atoms with van der Waals surface area (Å²) in [6, 6.07) is 63.4. The molecule has 46 heavy (non-hydrogen) atoms. The van der Waals surface area contributed by atoms with Gasteiger partial charge in [0.25, 0.3) is 0 Å². The van der Waals surface area contributed by atoms with E-state index in [1.807, 2.05) is 11.8 Å². The number of fused-ring (bicyclic) bond motifs is 6. The van der Waals surface area contributed by atoms with E-state index in [2.05, 4.69) is 170 Å². The minimum atomic E-state index is -0.440. The van der Waals surface area contributed by atoms with Crippen LogP contribution in [0.4, 0.5) is 0 Å². The topological polar surface area (TPSA) is 0 Å². The summed E-state index contributed by atoms with van der Waals surface area (Å²) >= 11 is 1.89. The van der Waals surface area contributed by atoms with Gasteiger partial charge in [0.05, 0.1) is 5.41 Å². The molecule has 0 aromatic heterocycles. The van der Waals surface area contributed by atoms with Gasteiger partial charge < -0.3 is 0 Å². The van der Waals surface area contributed by atoms with Crippen molar-refractivity contribution in [2.45, 2.75) is 15.2 Å². The standard InChI is InChI=1S/C45H28S/c1-3-15-34(16-4-1)45(35-17-5-2-6-18-35)40-27-32(21-23-36(40)39-25-30-11-7-8-12-31(30)26-41(39)45)33-22-24-37-38-19-9-13-29-14-10-20-42(44(29)38)46-43(37)28-33/h1-28H. The Bertz CT molecular complexity index is 2450. The largest absolute Gasteiger partial charge is 0.0888 e. The summed E-state index contributed by atoms with van der Waals surface area (Å²) in [7, 11) is 0. The Labute approximate surface area is 273 Å². The van der Waals surface area contributed by atoms with Crippen molar-refractivity contribution in [2.24, 2.45) is 0 Å². The highest BCUT2D eigenvalue weighted by Crippen LogP contribution is 2.58. The average Bonchev–Trinajstić information content (AvgIpc) is 3.40. The van der Waals surface area contributed by atoms with E-state index in [1.165, 1.54) is 87.0 Å². The highest BCUT2D eigenvalue weighted by atomic mass is 32.2. The fraction of sp³-hybridized carbons (Fsp3) is 0.0222. The Morgan fingerprint density at radius 1 is 0.348 bits per heavy atom. The first-order chi connectivity index (χ1) is 22.8. The van der Waals surface area contributed by atoms with Gasteiger partial charge in [-0.1, -0.05) is 151 Å². The van der Waals surface area contributed by atoms with Crippen LogP contribution in [0.2, 0.25) is 0 Å². The zero-order valence-corrected chi connectivity index (χ0v) is 25.9. The van der Waals surface area contributed by atoms with Crippen molar-refractivity contribution in [1.82, 2.24) is 0 Å². The third-order valence-corrected chi connectivity index (χ3v) is 11.2. The van der Waals surface area contributed by atoms with Crippen LogP contribution >= 0.6 is 11.8 Å². The van der Waals surface area contributed by atoms with E-state index in [9.17, 15) is 0 Å². The Balaban J connectivity index is 1.23. The van der Waals surface area contributed by atoms with Gasteiger partial charge in [-0.3, -0.25) is 0 Å². The molecule has 0 saturated carbocycles. The van der Waals surface area contributed by atoms with Crippen molar-refractivity contribution >= 4 is 33.3 Å². The SMILES string of the molecule is c1ccc(C2(c3ccccc3)c3cc(-c4ccc5c(c4)Sc4cccc6cccc-5c46)ccc3-c3cc4ccccc4cc32)cc1. The smallest absolute Gasteiger partial charge is 0.0714 e. The van der Waals surface area contributed by atoms with Gasteiger partial charge in [0.15, 0.2) is 0 Å². The Morgan fingerprint density at radius 3 is 1.67 bits per heavy atom. The van der Waals surface area contributed by atoms with E-state index >= 15 is 0 Å². The Morgan fingerprint density at radius 2 is 0.935 bits per heavy atom. The van der Waals surface area contributed by atoms with Gasteiger partial charge in [-0.2, -0.15) is 0 Å². The number of hydrogen-bond acceptors (Lipinski definition) is 1. The van der Waals surface area contributed by atoms with Gasteiger partial charge in [0.2, 0.25) is 0 Å². The normalized spacial score (nSPS) is 13.7. The minimum absolute atomic E-state index is 0.440. The molecule has 0 fully saturated rings. The Hall–Kier alpha value is -5.37. The summed E-state index contributed by atoms with van der Waals surface area (Å²) in [5.74, 6) is 0. The first-order valence-corrected chi connectivity index (χ1v) is 16.7. The van der Waals surface area contributed by atoms with Crippen LogP contribution in [0.1, 0.15) is 22.3 Å². The van der Waals surface area contributed by atoms with Crippen LogP contribution in [-0.2, 0) is 5.41 Å². The van der Waals surface area contributed by atoms with Gasteiger partial charge in [0, 0.05) is 15.2 Å². The first-order valence-electron chi connectivity index (χ1n) is 15.9. The molecule has 0 N–H and O–H groups in total. The van der Waals surface area contributed by atoms with Crippen molar-refractivity contribution < 1.29 is 0 Å². The van der Waals surface area contributed by atoms with E-state index in [4.69, 9.17) is 0 Å². The maximum absolute atomic E-state index is 2.48. The van der Waals surface area contributed by atoms with Crippen LogP contribution in [0.25, 0.3) is 54.9 Å². The van der Waals surface area contributed by atoms with Crippen LogP contribution in [0.5, 0.6) is 0 Å². The van der Waals surface area contributed by atoms with Crippen molar-refractivity contribution in [3.63, 3.8) is 0 Å². The van der Waals surface area contributed by atoms with Gasteiger partial charge in [0.1, 0.15) is 0 Å². The predicted octanol–water partition coefficient (Wildman–Crippen LogP) is 12.2. The molecular formula is C45H28S. The van der Waals surface area contributed by atoms with E-state index in [0.29, 0.717) is 0 Å². The molecule has 0 spiro atoms. The van der Waals surface area contributed by atoms with Gasteiger partial charge in [-0.25, -0.2) is 0 Å². The van der Waals surface area contributed by atoms with Crippen LogP contribution in [0, 0.1) is 0 Å². The molecule has 1 heteroatoms. The second kappa shape index (κ2) is 9.81. The van der Waals surface area contributed by atoms with Crippen molar-refractivity contribution in [3.05, 3.63) is 192 Å². The van der Waals surface area contributed by atoms with E-state index in [-0.39, 0.29) is 0 Å². The molecule has 0 unspecified atom stereocenters. The zero-order valence-electron chi connectivity index (χ0n) is 25.1. The first kappa shape index (κ1) is 25.9. The van der Waals surface area contributed by atoms with Crippen LogP contribution in [-0.4, -0.2) is 0 Å². The molecule has 0 amide bonds. The molecule has 1 heterocycles. The molecular weight excluding hydrogens is 573 g/mol. The third-order valence-electron chi connectivity index (χ3n) is 10.1. The molecule has 1 aliphatic heterocycles. The molecule has 8 aromatic carbocycles. The molecule has 1 aliphatic carbocycles. The van der Waals surface area contributed by atoms with Crippen molar-refractivity contribution in [3.8, 4) is 33.4 Å². The average molecular weight is 601 g/mol. The van der Waals surface area contributed by atoms with E-state index in [1.54, 1.807) is 0 Å². The molecule has 8 aromatic rings. The van der Waals surface area contributed by atoms with Crippen LogP contribution in [0.3, 0.4) is 0 Å². The third kappa shape index (κ3) is 3.58. The number of benzene rings is 8. The molecule has 0 atom stereocenters. The molecule has 0 bridgehead atoms. The summed E-state index contributed by atoms with van der Waals surface area (Å²) in [4.78, 5) is 2.65. The number of rotatable bonds is 3. The molecule has 2 aliphatic rings. The fourth-order valence-corrected chi connectivity index (χ4v) is 9.28. The van der Waals surface area contributed by atoms with Crippen LogP contribution in [0.15, 0.2) is 180 Å². The monoisotopic (exact) mass is 600 g/mol.